The molecule has 11 heteroatoms. The SMILES string of the molecule is CC1=C(C(N)=O)C(c2ccc(O)cc2)n2nc(SCc3ccc([N+](=O)[O-])cc3)nc2N1. The number of hydrogen-bond donors (Lipinski definition) is 3. The summed E-state index contributed by atoms with van der Waals surface area (Å²) in [5.41, 5.74) is 8.23. The molecule has 0 bridgehead atoms. The number of fused-ring (bicyclic) bond motifs is 1. The van der Waals surface area contributed by atoms with Crippen molar-refractivity contribution in [3.8, 4) is 5.75 Å². The molecule has 4 rings (SSSR count). The molecule has 0 fully saturated rings. The zero-order valence-electron chi connectivity index (χ0n) is 16.3. The molecule has 31 heavy (non-hydrogen) atoms. The van der Waals surface area contributed by atoms with Crippen molar-refractivity contribution in [2.24, 2.45) is 5.73 Å². The minimum atomic E-state index is -0.587. The van der Waals surface area contributed by atoms with Crippen LogP contribution < -0.4 is 11.1 Å². The number of nitrogens with two attached hydrogens (primary N) is 1. The van der Waals surface area contributed by atoms with Crippen LogP contribution in [0.25, 0.3) is 0 Å². The van der Waals surface area contributed by atoms with Crippen molar-refractivity contribution in [1.82, 2.24) is 14.8 Å². The first-order valence-electron chi connectivity index (χ1n) is 9.22. The quantitative estimate of drug-likeness (QED) is 0.302. The van der Waals surface area contributed by atoms with E-state index in [1.807, 2.05) is 0 Å². The Kier molecular flexibility index (Phi) is 5.34. The predicted octanol–water partition coefficient (Wildman–Crippen LogP) is 2.96. The molecule has 0 radical (unpaired) electrons. The van der Waals surface area contributed by atoms with E-state index in [4.69, 9.17) is 5.73 Å². The van der Waals surface area contributed by atoms with Crippen LogP contribution in [0, 0.1) is 10.1 Å². The van der Waals surface area contributed by atoms with E-state index in [1.54, 1.807) is 35.9 Å². The molecule has 0 spiro atoms. The number of phenols is 1. The normalized spacial score (nSPS) is 15.3. The van der Waals surface area contributed by atoms with Gasteiger partial charge in [-0.3, -0.25) is 14.9 Å². The van der Waals surface area contributed by atoms with E-state index < -0.39 is 16.9 Å². The average molecular weight is 438 g/mol. The van der Waals surface area contributed by atoms with Crippen molar-refractivity contribution in [2.45, 2.75) is 23.9 Å². The summed E-state index contributed by atoms with van der Waals surface area (Å²) < 4.78 is 1.59. The number of non-ortho nitro benzene ring substituents is 1. The number of nitrogens with one attached hydrogen (secondary N) is 1. The number of carbonyl (C=O) groups excluding carboxylic acids is 1. The van der Waals surface area contributed by atoms with Gasteiger partial charge in [0.05, 0.1) is 10.5 Å². The summed E-state index contributed by atoms with van der Waals surface area (Å²) in [7, 11) is 0. The number of nitrogens with zero attached hydrogens (tertiary/aromatic N) is 4. The van der Waals surface area contributed by atoms with Crippen molar-refractivity contribution < 1.29 is 14.8 Å². The maximum atomic E-state index is 12.2. The number of phenolic OH excluding ortho intramolecular Hbond substituents is 1. The number of amides is 1. The van der Waals surface area contributed by atoms with Gasteiger partial charge in [0.2, 0.25) is 17.0 Å². The topological polar surface area (TPSA) is 149 Å². The first kappa shape index (κ1) is 20.4. The fourth-order valence-electron chi connectivity index (χ4n) is 3.34. The van der Waals surface area contributed by atoms with Crippen molar-refractivity contribution >= 4 is 29.3 Å². The first-order valence-corrected chi connectivity index (χ1v) is 10.2. The van der Waals surface area contributed by atoms with Crippen molar-refractivity contribution in [1.29, 1.82) is 0 Å². The van der Waals surface area contributed by atoms with E-state index in [1.165, 1.54) is 36.0 Å². The lowest BCUT2D eigenvalue weighted by Crippen LogP contribution is -2.31. The lowest BCUT2D eigenvalue weighted by Gasteiger charge is -2.27. The third-order valence-electron chi connectivity index (χ3n) is 4.82. The summed E-state index contributed by atoms with van der Waals surface area (Å²) in [4.78, 5) is 27.0. The van der Waals surface area contributed by atoms with E-state index in [0.717, 1.165) is 11.1 Å². The van der Waals surface area contributed by atoms with E-state index >= 15 is 0 Å². The maximum absolute atomic E-state index is 12.2. The molecule has 1 aliphatic heterocycles. The van der Waals surface area contributed by atoms with Gasteiger partial charge in [0.15, 0.2) is 0 Å². The monoisotopic (exact) mass is 438 g/mol. The highest BCUT2D eigenvalue weighted by Gasteiger charge is 2.33. The number of aromatic nitrogens is 3. The molecule has 10 nitrogen and oxygen atoms in total. The highest BCUT2D eigenvalue weighted by Crippen LogP contribution is 2.36. The molecule has 1 amide bonds. The summed E-state index contributed by atoms with van der Waals surface area (Å²) in [6, 6.07) is 12.2. The van der Waals surface area contributed by atoms with Crippen LogP contribution in [0.5, 0.6) is 5.75 Å². The third kappa shape index (κ3) is 4.08. The molecule has 1 unspecified atom stereocenters. The van der Waals surface area contributed by atoms with Gasteiger partial charge in [-0.2, -0.15) is 4.98 Å². The minimum absolute atomic E-state index is 0.0331. The Morgan fingerprint density at radius 3 is 2.55 bits per heavy atom. The molecule has 0 aliphatic carbocycles. The van der Waals surface area contributed by atoms with Crippen molar-refractivity contribution in [3.63, 3.8) is 0 Å². The van der Waals surface area contributed by atoms with Gasteiger partial charge in [-0.25, -0.2) is 4.68 Å². The van der Waals surface area contributed by atoms with Gasteiger partial charge < -0.3 is 16.2 Å². The van der Waals surface area contributed by atoms with Gasteiger partial charge in [-0.15, -0.1) is 5.10 Å². The summed E-state index contributed by atoms with van der Waals surface area (Å²) in [5, 5.41) is 28.5. The molecule has 2 aromatic carbocycles. The van der Waals surface area contributed by atoms with Crippen LogP contribution in [0.4, 0.5) is 11.6 Å². The Labute approximate surface area is 180 Å². The molecule has 0 saturated carbocycles. The molecule has 4 N–H and O–H groups in total. The molecule has 2 heterocycles. The van der Waals surface area contributed by atoms with Crippen LogP contribution in [0.3, 0.4) is 0 Å². The number of thioether (sulfide) groups is 1. The third-order valence-corrected chi connectivity index (χ3v) is 5.73. The van der Waals surface area contributed by atoms with Crippen LogP contribution in [-0.2, 0) is 10.5 Å². The van der Waals surface area contributed by atoms with Gasteiger partial charge in [-0.1, -0.05) is 36.0 Å². The molecular weight excluding hydrogens is 420 g/mol. The second kappa shape index (κ2) is 8.11. The van der Waals surface area contributed by atoms with Crippen LogP contribution in [-0.4, -0.2) is 30.7 Å². The fourth-order valence-corrected chi connectivity index (χ4v) is 4.12. The Hall–Kier alpha value is -3.86. The van der Waals surface area contributed by atoms with E-state index in [2.05, 4.69) is 15.4 Å². The zero-order chi connectivity index (χ0) is 22.1. The van der Waals surface area contributed by atoms with Gasteiger partial charge in [0.25, 0.3) is 5.69 Å². The van der Waals surface area contributed by atoms with E-state index in [0.29, 0.717) is 28.1 Å². The number of nitro benzene ring substituents is 1. The minimum Gasteiger partial charge on any atom is -0.508 e. The van der Waals surface area contributed by atoms with Crippen LogP contribution in [0.15, 0.2) is 65.0 Å². The zero-order valence-corrected chi connectivity index (χ0v) is 17.2. The van der Waals surface area contributed by atoms with Crippen molar-refractivity contribution in [2.75, 3.05) is 5.32 Å². The average Bonchev–Trinajstić information content (AvgIpc) is 3.14. The smallest absolute Gasteiger partial charge is 0.269 e. The Morgan fingerprint density at radius 1 is 1.26 bits per heavy atom. The largest absolute Gasteiger partial charge is 0.508 e. The summed E-state index contributed by atoms with van der Waals surface area (Å²) in [5.74, 6) is 0.508. The lowest BCUT2D eigenvalue weighted by atomic mass is 9.95. The van der Waals surface area contributed by atoms with E-state index in [-0.39, 0.29) is 11.4 Å². The van der Waals surface area contributed by atoms with Gasteiger partial charge in [0.1, 0.15) is 11.8 Å². The second-order valence-electron chi connectivity index (χ2n) is 6.90. The van der Waals surface area contributed by atoms with Gasteiger partial charge in [-0.05, 0) is 30.2 Å². The van der Waals surface area contributed by atoms with Crippen LogP contribution in [0.2, 0.25) is 0 Å². The number of carbonyl (C=O) groups is 1. The number of allylic oxidation sites excluding steroid dienone is 1. The summed E-state index contributed by atoms with van der Waals surface area (Å²) in [6.45, 7) is 1.75. The number of rotatable bonds is 6. The molecule has 1 aliphatic rings. The molecule has 158 valence electrons. The molecule has 1 atom stereocenters. The van der Waals surface area contributed by atoms with E-state index in [9.17, 15) is 20.0 Å². The van der Waals surface area contributed by atoms with Crippen LogP contribution >= 0.6 is 11.8 Å². The molecular formula is C20H18N6O4S. The van der Waals surface area contributed by atoms with Gasteiger partial charge in [0, 0.05) is 23.6 Å². The Morgan fingerprint density at radius 2 is 1.94 bits per heavy atom. The number of aromatic hydroxyl groups is 1. The number of hydrogen-bond acceptors (Lipinski definition) is 8. The highest BCUT2D eigenvalue weighted by atomic mass is 32.2. The Balaban J connectivity index is 1.62. The van der Waals surface area contributed by atoms with Crippen LogP contribution in [0.1, 0.15) is 24.1 Å². The number of benzene rings is 2. The van der Waals surface area contributed by atoms with Gasteiger partial charge >= 0.3 is 0 Å². The number of anilines is 1. The number of primary amides is 1. The molecule has 0 saturated heterocycles. The summed E-state index contributed by atoms with van der Waals surface area (Å²) >= 11 is 1.36. The fraction of sp³-hybridized carbons (Fsp3) is 0.150. The second-order valence-corrected chi connectivity index (χ2v) is 7.84. The maximum Gasteiger partial charge on any atom is 0.269 e. The molecule has 3 aromatic rings. The Bertz CT molecular complexity index is 1190. The molecule has 1 aromatic heterocycles. The predicted molar refractivity (Wildman–Crippen MR) is 114 cm³/mol. The first-order chi connectivity index (χ1) is 14.8. The number of nitro groups is 1. The van der Waals surface area contributed by atoms with Crippen molar-refractivity contribution in [3.05, 3.63) is 81.0 Å². The highest BCUT2D eigenvalue weighted by molar-refractivity contribution is 7.98. The lowest BCUT2D eigenvalue weighted by molar-refractivity contribution is -0.384. The summed E-state index contributed by atoms with van der Waals surface area (Å²) in [6.07, 6.45) is 0. The standard InChI is InChI=1S/C20H18N6O4S/c1-11-16(18(21)28)17(13-4-8-15(27)9-5-13)25-19(22-11)23-20(24-25)31-10-12-2-6-14(7-3-12)26(29)30/h2-9,17,27H,10H2,1H3,(H2,21,28)(H,22,23,24).